The number of anilines is 1. The number of thioether (sulfide) groups is 1. The van der Waals surface area contributed by atoms with E-state index < -0.39 is 29.2 Å². The molecule has 40 heavy (non-hydrogen) atoms. The van der Waals surface area contributed by atoms with Crippen molar-refractivity contribution < 1.29 is 39.0 Å². The van der Waals surface area contributed by atoms with Crippen LogP contribution in [0.25, 0.3) is 0 Å². The van der Waals surface area contributed by atoms with Gasteiger partial charge < -0.3 is 35.7 Å². The number of nitrogens with zero attached hydrogens (tertiary/aromatic N) is 4. The molecule has 1 aromatic carbocycles. The Bertz CT molecular complexity index is 1470. The fourth-order valence-electron chi connectivity index (χ4n) is 5.09. The second-order valence-corrected chi connectivity index (χ2v) is 11.9. The summed E-state index contributed by atoms with van der Waals surface area (Å²) in [7, 11) is 3.31. The number of hydrogen-bond acceptors (Lipinski definition) is 11. The third-order valence-electron chi connectivity index (χ3n) is 6.92. The second-order valence-electron chi connectivity index (χ2n) is 9.86. The van der Waals surface area contributed by atoms with Gasteiger partial charge in [-0.2, -0.15) is 0 Å². The molecule has 210 valence electrons. The number of carboxylic acid groups (broad SMARTS) is 1. The largest absolute Gasteiger partial charge is 0.504 e. The van der Waals surface area contributed by atoms with E-state index in [1.807, 2.05) is 13.1 Å². The van der Waals surface area contributed by atoms with E-state index in [9.17, 15) is 29.7 Å². The number of fused-ring (bicyclic) bond motifs is 2. The maximum atomic E-state index is 13.1. The number of phenolic OH excluding ortho intramolecular Hbond substituents is 2. The first-order valence-corrected chi connectivity index (χ1v) is 14.0. The van der Waals surface area contributed by atoms with Crippen LogP contribution in [0.5, 0.6) is 11.5 Å². The summed E-state index contributed by atoms with van der Waals surface area (Å²) in [6.07, 6.45) is 3.60. The van der Waals surface area contributed by atoms with E-state index in [0.29, 0.717) is 35.4 Å². The number of phenols is 2. The van der Waals surface area contributed by atoms with E-state index in [0.717, 1.165) is 22.5 Å². The molecule has 6 N–H and O–H groups in total. The van der Waals surface area contributed by atoms with Crippen LogP contribution in [0.1, 0.15) is 16.8 Å². The summed E-state index contributed by atoms with van der Waals surface area (Å²) in [5.74, 6) is -2.46. The lowest BCUT2D eigenvalue weighted by atomic mass is 10.0. The van der Waals surface area contributed by atoms with Crippen LogP contribution in [-0.2, 0) is 32.3 Å². The summed E-state index contributed by atoms with van der Waals surface area (Å²) in [5.41, 5.74) is 7.98. The maximum absolute atomic E-state index is 13.1. The molecule has 5 rings (SSSR count). The van der Waals surface area contributed by atoms with Crippen molar-refractivity contribution in [3.63, 3.8) is 0 Å². The smallest absolute Gasteiger partial charge is 0.352 e. The van der Waals surface area contributed by atoms with E-state index in [1.54, 1.807) is 18.2 Å². The number of nitrogens with one attached hydrogen (secondary N) is 1. The molecule has 0 bridgehead atoms. The van der Waals surface area contributed by atoms with Crippen LogP contribution in [0.15, 0.2) is 46.1 Å². The Kier molecular flexibility index (Phi) is 7.20. The Morgan fingerprint density at radius 2 is 1.98 bits per heavy atom. The number of hydrogen-bond donors (Lipinski definition) is 5. The normalized spacial score (nSPS) is 21.7. The van der Waals surface area contributed by atoms with Crippen molar-refractivity contribution in [1.29, 1.82) is 0 Å². The standard InChI is InChI=1S/C25H26N6O7S2/c1-31(8-13-6-16(32)17(33)7-14(13)9-31)5-3-4-12-10-39-23-19(22(35)30(23)20(12)24(36)37)28-21(34)18(29-38-2)15-11-40-25(26)27-15/h3-4,6-7,11,19,23H,5,8-10H2,1-2H3,(H5-,26,27,28,29,32,33,34,36,37)/p+1/b4-3+/t19?,23-/m1/s1. The highest BCUT2D eigenvalue weighted by molar-refractivity contribution is 8.00. The van der Waals surface area contributed by atoms with Gasteiger partial charge in [-0.25, -0.2) is 9.78 Å². The monoisotopic (exact) mass is 587 g/mol. The Labute approximate surface area is 236 Å². The van der Waals surface area contributed by atoms with Crippen molar-refractivity contribution in [2.24, 2.45) is 5.16 Å². The highest BCUT2D eigenvalue weighted by Crippen LogP contribution is 2.41. The summed E-state index contributed by atoms with van der Waals surface area (Å²) in [5, 5.41) is 37.1. The number of likely N-dealkylation sites (N-methyl/N-ethyl adjacent to an activating group) is 1. The number of rotatable bonds is 8. The lowest BCUT2D eigenvalue weighted by Crippen LogP contribution is -2.71. The Balaban J connectivity index is 1.28. The van der Waals surface area contributed by atoms with E-state index in [-0.39, 0.29) is 33.7 Å². The van der Waals surface area contributed by atoms with Crippen molar-refractivity contribution >= 4 is 51.7 Å². The van der Waals surface area contributed by atoms with E-state index in [4.69, 9.17) is 10.6 Å². The number of carboxylic acids is 1. The molecule has 0 aliphatic carbocycles. The van der Waals surface area contributed by atoms with Gasteiger partial charge in [0, 0.05) is 22.3 Å². The zero-order chi connectivity index (χ0) is 28.8. The summed E-state index contributed by atoms with van der Waals surface area (Å²) < 4.78 is 0.576. The molecule has 4 heterocycles. The summed E-state index contributed by atoms with van der Waals surface area (Å²) >= 11 is 2.47. The number of allylic oxidation sites excluding steroid dienone is 1. The summed E-state index contributed by atoms with van der Waals surface area (Å²) in [6.45, 7) is 1.85. The van der Waals surface area contributed by atoms with Crippen molar-refractivity contribution in [2.45, 2.75) is 24.5 Å². The molecule has 15 heteroatoms. The molecule has 3 aliphatic heterocycles. The minimum atomic E-state index is -1.23. The number of carbonyl (C=O) groups excluding carboxylic acids is 2. The third-order valence-corrected chi connectivity index (χ3v) is 8.89. The van der Waals surface area contributed by atoms with Gasteiger partial charge in [-0.3, -0.25) is 14.5 Å². The predicted molar refractivity (Wildman–Crippen MR) is 147 cm³/mol. The number of benzene rings is 1. The lowest BCUT2D eigenvalue weighted by Gasteiger charge is -2.49. The minimum Gasteiger partial charge on any atom is -0.504 e. The van der Waals surface area contributed by atoms with Crippen LogP contribution in [0, 0.1) is 0 Å². The average Bonchev–Trinajstić information content (AvgIpc) is 3.47. The molecule has 3 aliphatic rings. The molecule has 0 radical (unpaired) electrons. The Hall–Kier alpha value is -4.08. The summed E-state index contributed by atoms with van der Waals surface area (Å²) in [4.78, 5) is 48.2. The molecule has 2 atom stereocenters. The predicted octanol–water partition coefficient (Wildman–Crippen LogP) is 0.942. The number of aromatic hydroxyl groups is 2. The molecule has 1 aromatic heterocycles. The van der Waals surface area contributed by atoms with E-state index in [2.05, 4.69) is 15.5 Å². The number of aromatic nitrogens is 1. The molecule has 2 amide bonds. The fourth-order valence-corrected chi connectivity index (χ4v) is 6.95. The van der Waals surface area contributed by atoms with Crippen LogP contribution >= 0.6 is 23.1 Å². The van der Waals surface area contributed by atoms with Crippen LogP contribution in [0.4, 0.5) is 5.13 Å². The van der Waals surface area contributed by atoms with Crippen molar-refractivity contribution in [3.05, 3.63) is 57.8 Å². The molecular weight excluding hydrogens is 560 g/mol. The Morgan fingerprint density at radius 1 is 1.30 bits per heavy atom. The second kappa shape index (κ2) is 10.5. The minimum absolute atomic E-state index is 0.115. The van der Waals surface area contributed by atoms with E-state index >= 15 is 0 Å². The third kappa shape index (κ3) is 4.98. The number of nitrogen functional groups attached to an aromatic ring is 1. The van der Waals surface area contributed by atoms with Gasteiger partial charge in [0.05, 0.1) is 13.6 Å². The van der Waals surface area contributed by atoms with Crippen molar-refractivity contribution in [1.82, 2.24) is 15.2 Å². The molecule has 0 saturated carbocycles. The van der Waals surface area contributed by atoms with Crippen LogP contribution < -0.4 is 11.1 Å². The number of quaternary nitrogens is 1. The molecule has 1 saturated heterocycles. The summed E-state index contributed by atoms with van der Waals surface area (Å²) in [6, 6.07) is 2.19. The average molecular weight is 588 g/mol. The van der Waals surface area contributed by atoms with Crippen LogP contribution in [-0.4, -0.2) is 91.1 Å². The molecule has 1 unspecified atom stereocenters. The molecule has 0 spiro atoms. The van der Waals surface area contributed by atoms with Crippen LogP contribution in [0.3, 0.4) is 0 Å². The van der Waals surface area contributed by atoms with Crippen LogP contribution in [0.2, 0.25) is 0 Å². The molecule has 13 nitrogen and oxygen atoms in total. The highest BCUT2D eigenvalue weighted by atomic mass is 32.2. The number of aliphatic carboxylic acids is 1. The number of carbonyl (C=O) groups is 3. The molecule has 1 fully saturated rings. The van der Waals surface area contributed by atoms with E-state index in [1.165, 1.54) is 29.2 Å². The van der Waals surface area contributed by atoms with Crippen molar-refractivity contribution in [3.8, 4) is 11.5 Å². The first kappa shape index (κ1) is 27.5. The maximum Gasteiger partial charge on any atom is 0.352 e. The number of nitrogens with two attached hydrogens (primary N) is 1. The van der Waals surface area contributed by atoms with Gasteiger partial charge in [-0.15, -0.1) is 23.1 Å². The topological polar surface area (TPSA) is 188 Å². The zero-order valence-corrected chi connectivity index (χ0v) is 23.2. The highest BCUT2D eigenvalue weighted by Gasteiger charge is 2.54. The number of β-lactam (4-membered cyclic amide) rings is 1. The molecular formula is C25H27N6O7S2+. The first-order valence-electron chi connectivity index (χ1n) is 12.1. The number of oxime groups is 1. The van der Waals surface area contributed by atoms with Gasteiger partial charge in [-0.1, -0.05) is 11.2 Å². The number of amides is 2. The Morgan fingerprint density at radius 3 is 2.55 bits per heavy atom. The van der Waals surface area contributed by atoms with Gasteiger partial charge >= 0.3 is 5.97 Å². The quantitative estimate of drug-likeness (QED) is 0.0978. The fraction of sp³-hybridized carbons (Fsp3) is 0.320. The van der Waals surface area contributed by atoms with Gasteiger partial charge in [0.25, 0.3) is 11.8 Å². The molecule has 2 aromatic rings. The van der Waals surface area contributed by atoms with Gasteiger partial charge in [-0.05, 0) is 23.8 Å². The van der Waals surface area contributed by atoms with Gasteiger partial charge in [0.15, 0.2) is 22.3 Å². The first-order chi connectivity index (χ1) is 19.0. The SMILES string of the molecule is CO/N=C(\C(=O)NC1C(=O)N2C(C(=O)O)=C(/C=C/C[N+]3(C)Cc4cc(O)c(O)cc4C3)CS[C@H]12)c1csc(N)n1. The van der Waals surface area contributed by atoms with Crippen molar-refractivity contribution in [2.75, 3.05) is 32.2 Å². The zero-order valence-electron chi connectivity index (χ0n) is 21.5. The van der Waals surface area contributed by atoms with Gasteiger partial charge in [0.2, 0.25) is 0 Å². The lowest BCUT2D eigenvalue weighted by molar-refractivity contribution is -0.923. The van der Waals surface area contributed by atoms with Gasteiger partial charge in [0.1, 0.15) is 43.0 Å². The number of thiazole rings is 1.